The van der Waals surface area contributed by atoms with Crippen molar-refractivity contribution in [2.75, 3.05) is 13.6 Å². The molecule has 1 rings (SSSR count). The number of hydrogen-bond acceptors (Lipinski definition) is 1. The lowest BCUT2D eigenvalue weighted by atomic mass is 10.1. The predicted molar refractivity (Wildman–Crippen MR) is 80.6 cm³/mol. The summed E-state index contributed by atoms with van der Waals surface area (Å²) < 4.78 is 0. The summed E-state index contributed by atoms with van der Waals surface area (Å²) in [5, 5.41) is 5.74. The maximum absolute atomic E-state index is 5.46. The normalized spacial score (nSPS) is 12.7. The molecule has 0 atom stereocenters. The smallest absolute Gasteiger partial charge is 0.0248 e. The number of nitrogens with one attached hydrogen (secondary N) is 1. The molecular weight excluding hydrogens is 218 g/mol. The van der Waals surface area contributed by atoms with E-state index in [1.807, 2.05) is 13.1 Å². The molecule has 0 fully saturated rings. The highest BCUT2D eigenvalue weighted by Crippen LogP contribution is 1.92. The second-order valence-electron chi connectivity index (χ2n) is 4.43. The fraction of sp³-hybridized carbons (Fsp3) is 0.412. The molecule has 0 saturated carbocycles. The minimum Gasteiger partial charge on any atom is -0.320 e. The molecule has 0 saturated heterocycles. The van der Waals surface area contributed by atoms with Gasteiger partial charge in [-0.05, 0) is 55.4 Å². The zero-order chi connectivity index (χ0) is 13.2. The molecule has 0 bridgehead atoms. The van der Waals surface area contributed by atoms with Crippen LogP contribution in [-0.4, -0.2) is 13.6 Å². The summed E-state index contributed by atoms with van der Waals surface area (Å²) in [5.74, 6) is 2.71. The lowest BCUT2D eigenvalue weighted by molar-refractivity contribution is 0.745. The quantitative estimate of drug-likeness (QED) is 0.593. The van der Waals surface area contributed by atoms with Gasteiger partial charge in [0.15, 0.2) is 0 Å². The lowest BCUT2D eigenvalue weighted by Gasteiger charge is -1.97. The molecule has 96 valence electrons. The van der Waals surface area contributed by atoms with Crippen LogP contribution in [0.2, 0.25) is 0 Å². The number of hydrogen-bond donors (Lipinski definition) is 1. The standard InChI is InChI=1S/C17H23N/c1-4-6-9-16-12-11-15(5-2)14-17(16)10-7-8-13-18-3/h2,9-12,14,18H,4,6-8,13H2,1,3H3/b16-9+,17-10-. The Hall–Kier alpha value is -1.52. The van der Waals surface area contributed by atoms with Crippen LogP contribution in [0.1, 0.15) is 38.2 Å². The molecule has 0 aliphatic heterocycles. The van der Waals surface area contributed by atoms with Gasteiger partial charge in [0.2, 0.25) is 0 Å². The number of terminal acetylenes is 1. The molecule has 1 heteroatoms. The van der Waals surface area contributed by atoms with E-state index >= 15 is 0 Å². The summed E-state index contributed by atoms with van der Waals surface area (Å²) in [6.07, 6.45) is 14.6. The Labute approximate surface area is 111 Å². The van der Waals surface area contributed by atoms with Crippen molar-refractivity contribution in [3.63, 3.8) is 0 Å². The Bertz CT molecular complexity index is 505. The average molecular weight is 241 g/mol. The van der Waals surface area contributed by atoms with Crippen LogP contribution in [0, 0.1) is 12.3 Å². The second-order valence-corrected chi connectivity index (χ2v) is 4.43. The third kappa shape index (κ3) is 4.77. The molecule has 18 heavy (non-hydrogen) atoms. The molecular formula is C17H23N. The van der Waals surface area contributed by atoms with Gasteiger partial charge in [-0.3, -0.25) is 0 Å². The molecule has 1 N–H and O–H groups in total. The van der Waals surface area contributed by atoms with Gasteiger partial charge in [0, 0.05) is 5.56 Å². The maximum atomic E-state index is 5.46. The van der Waals surface area contributed by atoms with Crippen LogP contribution in [0.15, 0.2) is 18.2 Å². The monoisotopic (exact) mass is 241 g/mol. The zero-order valence-corrected chi connectivity index (χ0v) is 11.5. The van der Waals surface area contributed by atoms with E-state index in [1.165, 1.54) is 16.9 Å². The first-order valence-electron chi connectivity index (χ1n) is 6.73. The molecule has 0 amide bonds. The largest absolute Gasteiger partial charge is 0.320 e. The molecule has 0 aliphatic carbocycles. The van der Waals surface area contributed by atoms with Crippen LogP contribution in [0.5, 0.6) is 0 Å². The SMILES string of the molecule is C#Cc1ccc(=C\CCC)/c(=C\CCCNC)c1. The molecule has 0 aromatic heterocycles. The van der Waals surface area contributed by atoms with Crippen molar-refractivity contribution in [2.45, 2.75) is 32.6 Å². The molecule has 1 aromatic rings. The van der Waals surface area contributed by atoms with Crippen LogP contribution in [0.3, 0.4) is 0 Å². The van der Waals surface area contributed by atoms with Crippen LogP contribution in [-0.2, 0) is 0 Å². The first-order chi connectivity index (χ1) is 8.81. The summed E-state index contributed by atoms with van der Waals surface area (Å²) >= 11 is 0. The van der Waals surface area contributed by atoms with Crippen molar-refractivity contribution in [3.8, 4) is 12.3 Å². The van der Waals surface area contributed by atoms with Crippen LogP contribution >= 0.6 is 0 Å². The van der Waals surface area contributed by atoms with Gasteiger partial charge in [0.05, 0.1) is 0 Å². The minimum atomic E-state index is 0.962. The maximum Gasteiger partial charge on any atom is 0.0248 e. The van der Waals surface area contributed by atoms with Gasteiger partial charge < -0.3 is 5.32 Å². The highest BCUT2D eigenvalue weighted by Gasteiger charge is 1.90. The average Bonchev–Trinajstić information content (AvgIpc) is 2.42. The van der Waals surface area contributed by atoms with Gasteiger partial charge in [-0.25, -0.2) is 0 Å². The molecule has 1 aromatic carbocycles. The highest BCUT2D eigenvalue weighted by atomic mass is 14.8. The van der Waals surface area contributed by atoms with Gasteiger partial charge in [-0.2, -0.15) is 0 Å². The third-order valence-corrected chi connectivity index (χ3v) is 2.90. The van der Waals surface area contributed by atoms with Gasteiger partial charge >= 0.3 is 0 Å². The van der Waals surface area contributed by atoms with E-state index < -0.39 is 0 Å². The van der Waals surface area contributed by atoms with Crippen molar-refractivity contribution in [3.05, 3.63) is 34.2 Å². The fourth-order valence-corrected chi connectivity index (χ4v) is 1.86. The van der Waals surface area contributed by atoms with E-state index in [4.69, 9.17) is 6.42 Å². The number of benzene rings is 1. The van der Waals surface area contributed by atoms with E-state index in [-0.39, 0.29) is 0 Å². The predicted octanol–water partition coefficient (Wildman–Crippen LogP) is 2.03. The van der Waals surface area contributed by atoms with E-state index in [0.29, 0.717) is 0 Å². The van der Waals surface area contributed by atoms with E-state index in [2.05, 4.69) is 42.4 Å². The molecule has 0 spiro atoms. The fourth-order valence-electron chi connectivity index (χ4n) is 1.86. The van der Waals surface area contributed by atoms with Gasteiger partial charge in [-0.1, -0.05) is 37.5 Å². The Morgan fingerprint density at radius 2 is 2.00 bits per heavy atom. The van der Waals surface area contributed by atoms with Crippen molar-refractivity contribution in [1.29, 1.82) is 0 Å². The lowest BCUT2D eigenvalue weighted by Crippen LogP contribution is -2.24. The molecule has 1 nitrogen and oxygen atoms in total. The third-order valence-electron chi connectivity index (χ3n) is 2.90. The highest BCUT2D eigenvalue weighted by molar-refractivity contribution is 5.39. The van der Waals surface area contributed by atoms with Gasteiger partial charge in [0.25, 0.3) is 0 Å². The summed E-state index contributed by atoms with van der Waals surface area (Å²) in [7, 11) is 1.99. The number of rotatable bonds is 6. The first-order valence-corrected chi connectivity index (χ1v) is 6.73. The summed E-state index contributed by atoms with van der Waals surface area (Å²) in [4.78, 5) is 0. The van der Waals surface area contributed by atoms with Crippen molar-refractivity contribution >= 4 is 12.2 Å². The van der Waals surface area contributed by atoms with Gasteiger partial charge in [-0.15, -0.1) is 6.42 Å². The Morgan fingerprint density at radius 1 is 1.22 bits per heavy atom. The van der Waals surface area contributed by atoms with Crippen molar-refractivity contribution < 1.29 is 0 Å². The van der Waals surface area contributed by atoms with Crippen LogP contribution in [0.25, 0.3) is 12.2 Å². The zero-order valence-electron chi connectivity index (χ0n) is 11.5. The summed E-state index contributed by atoms with van der Waals surface area (Å²) in [5.41, 5.74) is 0.962. The molecule has 0 unspecified atom stereocenters. The number of unbranched alkanes of at least 4 members (excludes halogenated alkanes) is 2. The van der Waals surface area contributed by atoms with E-state index in [9.17, 15) is 0 Å². The van der Waals surface area contributed by atoms with Gasteiger partial charge in [0.1, 0.15) is 0 Å². The second kappa shape index (κ2) is 8.55. The summed E-state index contributed by atoms with van der Waals surface area (Å²) in [6, 6.07) is 6.27. The minimum absolute atomic E-state index is 0.962. The van der Waals surface area contributed by atoms with Crippen molar-refractivity contribution in [2.24, 2.45) is 0 Å². The molecule has 0 radical (unpaired) electrons. The van der Waals surface area contributed by atoms with Crippen molar-refractivity contribution in [1.82, 2.24) is 5.32 Å². The molecule has 0 heterocycles. The Kier molecular flexibility index (Phi) is 6.91. The Balaban J connectivity index is 3.01. The Morgan fingerprint density at radius 3 is 2.67 bits per heavy atom. The summed E-state index contributed by atoms with van der Waals surface area (Å²) in [6.45, 7) is 3.25. The molecule has 0 aliphatic rings. The van der Waals surface area contributed by atoms with Crippen LogP contribution in [0.4, 0.5) is 0 Å². The first kappa shape index (κ1) is 14.5. The topological polar surface area (TPSA) is 12.0 Å². The van der Waals surface area contributed by atoms with E-state index in [0.717, 1.165) is 31.4 Å². The van der Waals surface area contributed by atoms with Crippen LogP contribution < -0.4 is 15.8 Å². The van der Waals surface area contributed by atoms with E-state index in [1.54, 1.807) is 0 Å².